The van der Waals surface area contributed by atoms with Crippen molar-refractivity contribution < 1.29 is 4.79 Å². The summed E-state index contributed by atoms with van der Waals surface area (Å²) in [6, 6.07) is 14.2. The van der Waals surface area contributed by atoms with E-state index in [4.69, 9.17) is 0 Å². The Morgan fingerprint density at radius 3 is 2.63 bits per heavy atom. The third kappa shape index (κ3) is 4.48. The van der Waals surface area contributed by atoms with Crippen molar-refractivity contribution >= 4 is 33.2 Å². The molecule has 1 aromatic heterocycles. The van der Waals surface area contributed by atoms with E-state index in [2.05, 4.69) is 40.3 Å². The van der Waals surface area contributed by atoms with Gasteiger partial charge < -0.3 is 5.32 Å². The fraction of sp³-hybridized carbons (Fsp3) is 0.267. The van der Waals surface area contributed by atoms with Crippen LogP contribution in [0.2, 0.25) is 0 Å². The monoisotopic (exact) mass is 337 g/mol. The van der Waals surface area contributed by atoms with E-state index in [1.54, 1.807) is 11.3 Å². The molecule has 0 aliphatic heterocycles. The lowest BCUT2D eigenvalue weighted by Gasteiger charge is -2.11. The first kappa shape index (κ1) is 14.3. The lowest BCUT2D eigenvalue weighted by Crippen LogP contribution is -2.23. The van der Waals surface area contributed by atoms with E-state index in [0.29, 0.717) is 13.0 Å². The third-order valence-electron chi connectivity index (χ3n) is 2.95. The quantitative estimate of drug-likeness (QED) is 0.864. The minimum Gasteiger partial charge on any atom is -0.351 e. The summed E-state index contributed by atoms with van der Waals surface area (Å²) in [5.41, 5.74) is 1.21. The van der Waals surface area contributed by atoms with Gasteiger partial charge in [0.15, 0.2) is 0 Å². The number of nitrogens with one attached hydrogen (secondary N) is 1. The first-order chi connectivity index (χ1) is 9.15. The number of hydrogen-bond donors (Lipinski definition) is 1. The van der Waals surface area contributed by atoms with Gasteiger partial charge in [0.05, 0.1) is 10.3 Å². The van der Waals surface area contributed by atoms with Gasteiger partial charge in [-0.3, -0.25) is 4.79 Å². The number of carbonyl (C=O) groups excluding carboxylic acids is 1. The molecular weight excluding hydrogens is 322 g/mol. The van der Waals surface area contributed by atoms with E-state index in [1.165, 1.54) is 5.56 Å². The lowest BCUT2D eigenvalue weighted by molar-refractivity contribution is -0.121. The second kappa shape index (κ2) is 6.87. The molecule has 1 heterocycles. The van der Waals surface area contributed by atoms with Crippen molar-refractivity contribution in [3.8, 4) is 0 Å². The van der Waals surface area contributed by atoms with Crippen molar-refractivity contribution in [3.63, 3.8) is 0 Å². The summed E-state index contributed by atoms with van der Waals surface area (Å²) in [5.74, 6) is 0.345. The van der Waals surface area contributed by atoms with Crippen molar-refractivity contribution in [1.82, 2.24) is 5.32 Å². The molecule has 2 nitrogen and oxygen atoms in total. The second-order valence-electron chi connectivity index (χ2n) is 4.50. The van der Waals surface area contributed by atoms with Gasteiger partial charge in [-0.15, -0.1) is 11.3 Å². The summed E-state index contributed by atoms with van der Waals surface area (Å²) in [7, 11) is 0. The number of halogens is 1. The summed E-state index contributed by atoms with van der Waals surface area (Å²) < 4.78 is 1.09. The molecule has 0 spiro atoms. The average Bonchev–Trinajstić information content (AvgIpc) is 2.83. The Labute approximate surface area is 126 Å². The van der Waals surface area contributed by atoms with Gasteiger partial charge in [0.25, 0.3) is 0 Å². The van der Waals surface area contributed by atoms with E-state index in [1.807, 2.05) is 30.3 Å². The van der Waals surface area contributed by atoms with Crippen molar-refractivity contribution in [2.75, 3.05) is 0 Å². The van der Waals surface area contributed by atoms with Crippen LogP contribution in [0.25, 0.3) is 0 Å². The fourth-order valence-corrected chi connectivity index (χ4v) is 3.31. The highest BCUT2D eigenvalue weighted by molar-refractivity contribution is 9.11. The van der Waals surface area contributed by atoms with Crippen LogP contribution in [0.15, 0.2) is 46.3 Å². The standard InChI is InChI=1S/C15H16BrNOS/c1-11(12-5-3-2-4-6-12)9-15(18)17-10-13-7-8-14(16)19-13/h2-8,11H,9-10H2,1H3,(H,17,18). The number of thiophene rings is 1. The Kier molecular flexibility index (Phi) is 5.16. The van der Waals surface area contributed by atoms with Gasteiger partial charge in [-0.25, -0.2) is 0 Å². The minimum atomic E-state index is 0.0980. The summed E-state index contributed by atoms with van der Waals surface area (Å²) in [5, 5.41) is 2.96. The molecule has 1 unspecified atom stereocenters. The van der Waals surface area contributed by atoms with Crippen molar-refractivity contribution in [3.05, 3.63) is 56.7 Å². The Morgan fingerprint density at radius 1 is 1.26 bits per heavy atom. The highest BCUT2D eigenvalue weighted by Gasteiger charge is 2.10. The van der Waals surface area contributed by atoms with Gasteiger partial charge in [0.1, 0.15) is 0 Å². The van der Waals surface area contributed by atoms with E-state index < -0.39 is 0 Å². The van der Waals surface area contributed by atoms with Crippen LogP contribution in [0.4, 0.5) is 0 Å². The third-order valence-corrected chi connectivity index (χ3v) is 4.57. The van der Waals surface area contributed by atoms with Crippen LogP contribution in [-0.4, -0.2) is 5.91 Å². The summed E-state index contributed by atoms with van der Waals surface area (Å²) in [4.78, 5) is 13.0. The number of carbonyl (C=O) groups is 1. The molecule has 0 saturated carbocycles. The topological polar surface area (TPSA) is 29.1 Å². The fourth-order valence-electron chi connectivity index (χ4n) is 1.88. The zero-order chi connectivity index (χ0) is 13.7. The zero-order valence-electron chi connectivity index (χ0n) is 10.7. The first-order valence-corrected chi connectivity index (χ1v) is 7.82. The molecule has 1 atom stereocenters. The summed E-state index contributed by atoms with van der Waals surface area (Å²) in [6.45, 7) is 2.69. The van der Waals surface area contributed by atoms with Crippen LogP contribution in [0.3, 0.4) is 0 Å². The van der Waals surface area contributed by atoms with Gasteiger partial charge in [0, 0.05) is 11.3 Å². The van der Waals surface area contributed by atoms with E-state index in [0.717, 1.165) is 8.66 Å². The molecule has 0 aliphatic rings. The maximum atomic E-state index is 11.9. The number of amides is 1. The van der Waals surface area contributed by atoms with Gasteiger partial charge in [-0.1, -0.05) is 37.3 Å². The molecule has 2 aromatic rings. The largest absolute Gasteiger partial charge is 0.351 e. The van der Waals surface area contributed by atoms with Crippen LogP contribution < -0.4 is 5.32 Å². The van der Waals surface area contributed by atoms with Gasteiger partial charge in [-0.05, 0) is 39.5 Å². The van der Waals surface area contributed by atoms with Crippen LogP contribution in [-0.2, 0) is 11.3 Å². The Morgan fingerprint density at radius 2 is 2.00 bits per heavy atom. The van der Waals surface area contributed by atoms with Crippen LogP contribution in [0, 0.1) is 0 Å². The van der Waals surface area contributed by atoms with E-state index >= 15 is 0 Å². The number of rotatable bonds is 5. The SMILES string of the molecule is CC(CC(=O)NCc1ccc(Br)s1)c1ccccc1. The second-order valence-corrected chi connectivity index (χ2v) is 7.05. The number of hydrogen-bond acceptors (Lipinski definition) is 2. The Hall–Kier alpha value is -1.13. The van der Waals surface area contributed by atoms with Gasteiger partial charge >= 0.3 is 0 Å². The predicted octanol–water partition coefficient (Wildman–Crippen LogP) is 4.32. The molecule has 0 aliphatic carbocycles. The number of benzene rings is 1. The Bertz CT molecular complexity index is 538. The molecular formula is C15H16BrNOS. The summed E-state index contributed by atoms with van der Waals surface area (Å²) >= 11 is 5.06. The van der Waals surface area contributed by atoms with Crippen LogP contribution in [0.5, 0.6) is 0 Å². The Balaban J connectivity index is 1.81. The highest BCUT2D eigenvalue weighted by atomic mass is 79.9. The van der Waals surface area contributed by atoms with Gasteiger partial charge in [-0.2, -0.15) is 0 Å². The highest BCUT2D eigenvalue weighted by Crippen LogP contribution is 2.22. The van der Waals surface area contributed by atoms with Crippen molar-refractivity contribution in [2.24, 2.45) is 0 Å². The summed E-state index contributed by atoms with van der Waals surface area (Å²) in [6.07, 6.45) is 0.524. The van der Waals surface area contributed by atoms with Crippen LogP contribution in [0.1, 0.15) is 29.7 Å². The maximum Gasteiger partial charge on any atom is 0.220 e. The molecule has 100 valence electrons. The normalized spacial score (nSPS) is 12.1. The van der Waals surface area contributed by atoms with E-state index in [9.17, 15) is 4.79 Å². The van der Waals surface area contributed by atoms with Crippen LogP contribution >= 0.6 is 27.3 Å². The molecule has 1 N–H and O–H groups in total. The maximum absolute atomic E-state index is 11.9. The lowest BCUT2D eigenvalue weighted by atomic mass is 9.98. The molecule has 0 radical (unpaired) electrons. The molecule has 0 saturated heterocycles. The van der Waals surface area contributed by atoms with Gasteiger partial charge in [0.2, 0.25) is 5.91 Å². The smallest absolute Gasteiger partial charge is 0.220 e. The first-order valence-electron chi connectivity index (χ1n) is 6.21. The zero-order valence-corrected chi connectivity index (χ0v) is 13.1. The predicted molar refractivity (Wildman–Crippen MR) is 83.3 cm³/mol. The van der Waals surface area contributed by atoms with Crippen molar-refractivity contribution in [1.29, 1.82) is 0 Å². The minimum absolute atomic E-state index is 0.0980. The molecule has 19 heavy (non-hydrogen) atoms. The van der Waals surface area contributed by atoms with E-state index in [-0.39, 0.29) is 11.8 Å². The molecule has 0 fully saturated rings. The van der Waals surface area contributed by atoms with Crippen molar-refractivity contribution in [2.45, 2.75) is 25.8 Å². The molecule has 0 bridgehead atoms. The molecule has 1 amide bonds. The molecule has 4 heteroatoms. The molecule has 2 rings (SSSR count). The molecule has 1 aromatic carbocycles. The average molecular weight is 338 g/mol.